The number of fused-ring (bicyclic) bond motifs is 1. The molecule has 0 aliphatic rings. The highest BCUT2D eigenvalue weighted by Crippen LogP contribution is 2.27. The van der Waals surface area contributed by atoms with Gasteiger partial charge in [-0.25, -0.2) is 0 Å². The van der Waals surface area contributed by atoms with Crippen molar-refractivity contribution in [1.29, 1.82) is 0 Å². The Kier molecular flexibility index (Phi) is 3.52. The van der Waals surface area contributed by atoms with Crippen molar-refractivity contribution in [3.8, 4) is 11.1 Å². The Bertz CT molecular complexity index is 868. The molecule has 0 aliphatic carbocycles. The standard InChI is InChI=1S/C17H15ClN2O/c1-11(2)20-10-15(12-5-3-6-13(18)9-12)16-14(17(20)21)7-4-8-19-16/h3-11H,1-2H3. The molecule has 106 valence electrons. The lowest BCUT2D eigenvalue weighted by Gasteiger charge is -2.14. The third-order valence-electron chi connectivity index (χ3n) is 3.49. The number of aromatic nitrogens is 2. The van der Waals surface area contributed by atoms with Crippen LogP contribution < -0.4 is 5.56 Å². The summed E-state index contributed by atoms with van der Waals surface area (Å²) in [5, 5.41) is 1.29. The molecule has 0 saturated heterocycles. The number of benzene rings is 1. The molecule has 21 heavy (non-hydrogen) atoms. The molecule has 0 fully saturated rings. The van der Waals surface area contributed by atoms with Crippen LogP contribution in [0.15, 0.2) is 53.6 Å². The summed E-state index contributed by atoms with van der Waals surface area (Å²) in [6.45, 7) is 3.98. The summed E-state index contributed by atoms with van der Waals surface area (Å²) >= 11 is 6.09. The van der Waals surface area contributed by atoms with Crippen molar-refractivity contribution in [2.75, 3.05) is 0 Å². The van der Waals surface area contributed by atoms with Crippen molar-refractivity contribution in [2.24, 2.45) is 0 Å². The second-order valence-electron chi connectivity index (χ2n) is 5.26. The highest BCUT2D eigenvalue weighted by atomic mass is 35.5. The second kappa shape index (κ2) is 5.34. The Morgan fingerprint density at radius 1 is 1.19 bits per heavy atom. The number of pyridine rings is 2. The van der Waals surface area contributed by atoms with Gasteiger partial charge in [0.25, 0.3) is 5.56 Å². The zero-order chi connectivity index (χ0) is 15.0. The summed E-state index contributed by atoms with van der Waals surface area (Å²) in [7, 11) is 0. The van der Waals surface area contributed by atoms with Crippen LogP contribution in [0.3, 0.4) is 0 Å². The fraction of sp³-hybridized carbons (Fsp3) is 0.176. The van der Waals surface area contributed by atoms with Crippen molar-refractivity contribution in [1.82, 2.24) is 9.55 Å². The lowest BCUT2D eigenvalue weighted by atomic mass is 10.0. The minimum atomic E-state index is -0.0149. The van der Waals surface area contributed by atoms with Gasteiger partial charge < -0.3 is 4.57 Å². The SMILES string of the molecule is CC(C)n1cc(-c2cccc(Cl)c2)c2ncccc2c1=O. The van der Waals surface area contributed by atoms with Crippen LogP contribution in [0, 0.1) is 0 Å². The molecular weight excluding hydrogens is 284 g/mol. The quantitative estimate of drug-likeness (QED) is 0.707. The highest BCUT2D eigenvalue weighted by molar-refractivity contribution is 6.30. The van der Waals surface area contributed by atoms with Gasteiger partial charge in [-0.2, -0.15) is 0 Å². The highest BCUT2D eigenvalue weighted by Gasteiger charge is 2.13. The molecule has 0 bridgehead atoms. The van der Waals surface area contributed by atoms with Gasteiger partial charge in [0.1, 0.15) is 0 Å². The minimum Gasteiger partial charge on any atom is -0.312 e. The van der Waals surface area contributed by atoms with Gasteiger partial charge in [0, 0.05) is 29.0 Å². The predicted molar refractivity (Wildman–Crippen MR) is 86.8 cm³/mol. The van der Waals surface area contributed by atoms with E-state index in [-0.39, 0.29) is 11.6 Å². The maximum Gasteiger partial charge on any atom is 0.260 e. The van der Waals surface area contributed by atoms with Crippen molar-refractivity contribution < 1.29 is 0 Å². The third kappa shape index (κ3) is 2.45. The largest absolute Gasteiger partial charge is 0.312 e. The number of halogens is 1. The van der Waals surface area contributed by atoms with Crippen molar-refractivity contribution in [3.63, 3.8) is 0 Å². The minimum absolute atomic E-state index is 0.0149. The lowest BCUT2D eigenvalue weighted by molar-refractivity contribution is 0.583. The van der Waals surface area contributed by atoms with Crippen LogP contribution in [0.4, 0.5) is 0 Å². The molecule has 0 saturated carbocycles. The zero-order valence-electron chi connectivity index (χ0n) is 11.9. The Hall–Kier alpha value is -2.13. The van der Waals surface area contributed by atoms with Crippen LogP contribution in [0.1, 0.15) is 19.9 Å². The zero-order valence-corrected chi connectivity index (χ0v) is 12.6. The molecule has 2 heterocycles. The summed E-state index contributed by atoms with van der Waals surface area (Å²) in [5.41, 5.74) is 2.57. The van der Waals surface area contributed by atoms with Crippen LogP contribution >= 0.6 is 11.6 Å². The van der Waals surface area contributed by atoms with Crippen LogP contribution in [0.2, 0.25) is 5.02 Å². The van der Waals surface area contributed by atoms with Crippen LogP contribution in [0.25, 0.3) is 22.0 Å². The molecule has 4 heteroatoms. The van der Waals surface area contributed by atoms with Gasteiger partial charge in [-0.3, -0.25) is 9.78 Å². The van der Waals surface area contributed by atoms with E-state index in [1.54, 1.807) is 16.8 Å². The van der Waals surface area contributed by atoms with Crippen LogP contribution in [-0.2, 0) is 0 Å². The summed E-state index contributed by atoms with van der Waals surface area (Å²) in [5.74, 6) is 0. The van der Waals surface area contributed by atoms with Gasteiger partial charge in [-0.05, 0) is 43.7 Å². The number of hydrogen-bond donors (Lipinski definition) is 0. The first-order chi connectivity index (χ1) is 10.1. The molecule has 0 radical (unpaired) electrons. The van der Waals surface area contributed by atoms with Crippen molar-refractivity contribution >= 4 is 22.5 Å². The second-order valence-corrected chi connectivity index (χ2v) is 5.70. The van der Waals surface area contributed by atoms with Gasteiger partial charge in [0.15, 0.2) is 0 Å². The fourth-order valence-electron chi connectivity index (χ4n) is 2.44. The molecule has 2 aromatic heterocycles. The van der Waals surface area contributed by atoms with Crippen LogP contribution in [-0.4, -0.2) is 9.55 Å². The Balaban J connectivity index is 2.42. The van der Waals surface area contributed by atoms with E-state index in [0.717, 1.165) is 11.1 Å². The molecule has 0 atom stereocenters. The average Bonchev–Trinajstić information content (AvgIpc) is 2.47. The molecule has 0 N–H and O–H groups in total. The van der Waals surface area contributed by atoms with Gasteiger partial charge in [-0.1, -0.05) is 23.7 Å². The molecule has 3 aromatic rings. The first-order valence-electron chi connectivity index (χ1n) is 6.84. The molecular formula is C17H15ClN2O. The van der Waals surface area contributed by atoms with E-state index in [1.807, 2.05) is 50.4 Å². The first-order valence-corrected chi connectivity index (χ1v) is 7.21. The molecule has 0 unspecified atom stereocenters. The lowest BCUT2D eigenvalue weighted by Crippen LogP contribution is -2.22. The van der Waals surface area contributed by atoms with Gasteiger partial charge in [-0.15, -0.1) is 0 Å². The molecule has 0 aliphatic heterocycles. The summed E-state index contributed by atoms with van der Waals surface area (Å²) in [6, 6.07) is 11.3. The molecule has 1 aromatic carbocycles. The van der Waals surface area contributed by atoms with E-state index in [2.05, 4.69) is 4.98 Å². The van der Waals surface area contributed by atoms with E-state index >= 15 is 0 Å². The van der Waals surface area contributed by atoms with Crippen LogP contribution in [0.5, 0.6) is 0 Å². The van der Waals surface area contributed by atoms with E-state index in [0.29, 0.717) is 15.9 Å². The third-order valence-corrected chi connectivity index (χ3v) is 3.72. The van der Waals surface area contributed by atoms with E-state index in [4.69, 9.17) is 11.6 Å². The predicted octanol–water partition coefficient (Wildman–Crippen LogP) is 4.30. The van der Waals surface area contributed by atoms with Crippen molar-refractivity contribution in [2.45, 2.75) is 19.9 Å². The summed E-state index contributed by atoms with van der Waals surface area (Å²) < 4.78 is 1.74. The fourth-order valence-corrected chi connectivity index (χ4v) is 2.63. The van der Waals surface area contributed by atoms with Gasteiger partial charge >= 0.3 is 0 Å². The summed E-state index contributed by atoms with van der Waals surface area (Å²) in [6.07, 6.45) is 3.57. The van der Waals surface area contributed by atoms with Crippen molar-refractivity contribution in [3.05, 3.63) is 64.2 Å². The smallest absolute Gasteiger partial charge is 0.260 e. The topological polar surface area (TPSA) is 34.9 Å². The normalized spacial score (nSPS) is 11.2. The number of rotatable bonds is 2. The average molecular weight is 299 g/mol. The Morgan fingerprint density at radius 2 is 2.00 bits per heavy atom. The van der Waals surface area contributed by atoms with Gasteiger partial charge in [0.05, 0.1) is 10.9 Å². The Morgan fingerprint density at radius 3 is 2.71 bits per heavy atom. The van der Waals surface area contributed by atoms with E-state index in [9.17, 15) is 4.79 Å². The number of hydrogen-bond acceptors (Lipinski definition) is 2. The Labute approximate surface area is 127 Å². The first kappa shape index (κ1) is 13.8. The molecule has 3 nitrogen and oxygen atoms in total. The van der Waals surface area contributed by atoms with Gasteiger partial charge in [0.2, 0.25) is 0 Å². The van der Waals surface area contributed by atoms with E-state index < -0.39 is 0 Å². The number of nitrogens with zero attached hydrogens (tertiary/aromatic N) is 2. The maximum atomic E-state index is 12.5. The molecule has 3 rings (SSSR count). The monoisotopic (exact) mass is 298 g/mol. The molecule has 0 spiro atoms. The van der Waals surface area contributed by atoms with E-state index in [1.165, 1.54) is 0 Å². The molecule has 0 amide bonds. The maximum absolute atomic E-state index is 12.5. The summed E-state index contributed by atoms with van der Waals surface area (Å²) in [4.78, 5) is 16.9.